The monoisotopic (exact) mass is 367 g/mol. The van der Waals surface area contributed by atoms with Gasteiger partial charge in [-0.3, -0.25) is 4.79 Å². The number of hydrogen-bond acceptors (Lipinski definition) is 2. The molecule has 2 N–H and O–H groups in total. The van der Waals surface area contributed by atoms with Gasteiger partial charge in [-0.25, -0.2) is 0 Å². The quantitative estimate of drug-likeness (QED) is 0.823. The number of ether oxygens (including phenoxy) is 1. The average Bonchev–Trinajstić information content (AvgIpc) is 2.52. The molecule has 2 rings (SSSR count). The molecular weight excluding hydrogens is 347 g/mol. The summed E-state index contributed by atoms with van der Waals surface area (Å²) in [6.45, 7) is 2.88. The molecule has 0 aliphatic carbocycles. The van der Waals surface area contributed by atoms with E-state index < -0.39 is 0 Å². The minimum atomic E-state index is -0.0884. The van der Waals surface area contributed by atoms with Crippen molar-refractivity contribution in [2.75, 3.05) is 26.0 Å². The first kappa shape index (κ1) is 18.6. The average molecular weight is 368 g/mol. The molecule has 0 aliphatic heterocycles. The molecule has 1 atom stereocenters. The van der Waals surface area contributed by atoms with E-state index in [0.29, 0.717) is 34.6 Å². The fraction of sp³-hybridized carbons (Fsp3) is 0.278. The van der Waals surface area contributed by atoms with E-state index in [1.807, 2.05) is 44.3 Å². The van der Waals surface area contributed by atoms with Crippen LogP contribution >= 0.6 is 23.2 Å². The number of halogens is 2. The van der Waals surface area contributed by atoms with Crippen LogP contribution in [0, 0.1) is 6.92 Å². The first-order valence-corrected chi connectivity index (χ1v) is 8.35. The Hall–Kier alpha value is -1.75. The number of aryl methyl sites for hydroxylation is 1. The number of likely N-dealkylation sites (N-methyl/N-ethyl adjacent to an activating group) is 1. The first-order chi connectivity index (χ1) is 11.4. The Morgan fingerprint density at radius 1 is 1.25 bits per heavy atom. The molecule has 0 radical (unpaired) electrons. The number of benzene rings is 2. The molecule has 2 aromatic carbocycles. The third-order valence-electron chi connectivity index (χ3n) is 3.62. The van der Waals surface area contributed by atoms with E-state index in [4.69, 9.17) is 27.9 Å². The molecule has 1 unspecified atom stereocenters. The van der Waals surface area contributed by atoms with E-state index in [-0.39, 0.29) is 5.91 Å². The summed E-state index contributed by atoms with van der Waals surface area (Å²) >= 11 is 12.2. The molecule has 0 fully saturated rings. The second-order valence-corrected chi connectivity index (χ2v) is 6.56. The van der Waals surface area contributed by atoms with Crippen molar-refractivity contribution in [3.05, 3.63) is 57.6 Å². The lowest BCUT2D eigenvalue weighted by molar-refractivity contribution is -0.885. The molecule has 0 heterocycles. The fourth-order valence-electron chi connectivity index (χ4n) is 2.46. The minimum Gasteiger partial charge on any atom is -0.495 e. The van der Waals surface area contributed by atoms with Crippen molar-refractivity contribution >= 4 is 34.8 Å². The van der Waals surface area contributed by atoms with E-state index in [9.17, 15) is 4.79 Å². The maximum atomic E-state index is 12.3. The molecule has 0 bridgehead atoms. The predicted octanol–water partition coefficient (Wildman–Crippen LogP) is 2.96. The predicted molar refractivity (Wildman–Crippen MR) is 98.3 cm³/mol. The highest BCUT2D eigenvalue weighted by molar-refractivity contribution is 6.42. The van der Waals surface area contributed by atoms with Crippen LogP contribution in [0.4, 0.5) is 5.69 Å². The highest BCUT2D eigenvalue weighted by Gasteiger charge is 2.15. The van der Waals surface area contributed by atoms with Gasteiger partial charge >= 0.3 is 0 Å². The van der Waals surface area contributed by atoms with Gasteiger partial charge in [0, 0.05) is 5.56 Å². The third kappa shape index (κ3) is 4.87. The summed E-state index contributed by atoms with van der Waals surface area (Å²) in [6, 6.07) is 11.2. The smallest absolute Gasteiger partial charge is 0.279 e. The number of hydrogen-bond donors (Lipinski definition) is 2. The Labute approximate surface area is 152 Å². The molecule has 24 heavy (non-hydrogen) atoms. The third-order valence-corrected chi connectivity index (χ3v) is 4.47. The molecule has 6 heteroatoms. The number of carbonyl (C=O) groups excluding carboxylic acids is 1. The van der Waals surface area contributed by atoms with Crippen molar-refractivity contribution in [2.24, 2.45) is 0 Å². The molecule has 0 spiro atoms. The van der Waals surface area contributed by atoms with Crippen LogP contribution in [-0.4, -0.2) is 26.6 Å². The Balaban J connectivity index is 1.99. The number of carbonyl (C=O) groups is 1. The van der Waals surface area contributed by atoms with Gasteiger partial charge in [-0.2, -0.15) is 0 Å². The highest BCUT2D eigenvalue weighted by atomic mass is 35.5. The zero-order chi connectivity index (χ0) is 17.7. The van der Waals surface area contributed by atoms with Gasteiger partial charge in [0.15, 0.2) is 6.54 Å². The van der Waals surface area contributed by atoms with E-state index in [1.165, 1.54) is 0 Å². The SMILES string of the molecule is COc1ccc(C)cc1NC(=O)C[NH+](C)Cc1cccc(Cl)c1Cl. The van der Waals surface area contributed by atoms with Gasteiger partial charge in [0.25, 0.3) is 5.91 Å². The van der Waals surface area contributed by atoms with Crippen LogP contribution in [0.5, 0.6) is 5.75 Å². The van der Waals surface area contributed by atoms with Crippen LogP contribution < -0.4 is 15.0 Å². The summed E-state index contributed by atoms with van der Waals surface area (Å²) in [7, 11) is 3.52. The van der Waals surface area contributed by atoms with E-state index >= 15 is 0 Å². The van der Waals surface area contributed by atoms with Crippen LogP contribution in [0.25, 0.3) is 0 Å². The number of amides is 1. The van der Waals surface area contributed by atoms with E-state index in [0.717, 1.165) is 16.0 Å². The summed E-state index contributed by atoms with van der Waals surface area (Å²) in [5.74, 6) is 0.555. The molecule has 2 aromatic rings. The molecule has 1 amide bonds. The standard InChI is InChI=1S/C18H20Cl2N2O2/c1-12-7-8-16(24-3)15(9-12)21-17(23)11-22(2)10-13-5-4-6-14(19)18(13)20/h4-9H,10-11H2,1-3H3,(H,21,23)/p+1. The number of anilines is 1. The summed E-state index contributed by atoms with van der Waals surface area (Å²) in [4.78, 5) is 13.3. The minimum absolute atomic E-state index is 0.0884. The Kier molecular flexibility index (Phi) is 6.49. The molecular formula is C18H21Cl2N2O2+. The van der Waals surface area contributed by atoms with Crippen molar-refractivity contribution in [3.63, 3.8) is 0 Å². The number of rotatable bonds is 6. The number of methoxy groups -OCH3 is 1. The van der Waals surface area contributed by atoms with Gasteiger partial charge in [-0.05, 0) is 30.7 Å². The molecule has 128 valence electrons. The van der Waals surface area contributed by atoms with Gasteiger partial charge in [0.05, 0.1) is 29.9 Å². The fourth-order valence-corrected chi connectivity index (χ4v) is 2.85. The molecule has 0 aromatic heterocycles. The Morgan fingerprint density at radius 3 is 2.71 bits per heavy atom. The summed E-state index contributed by atoms with van der Waals surface area (Å²) in [5.41, 5.74) is 2.65. The summed E-state index contributed by atoms with van der Waals surface area (Å²) < 4.78 is 5.28. The first-order valence-electron chi connectivity index (χ1n) is 7.59. The van der Waals surface area contributed by atoms with Crippen molar-refractivity contribution in [1.29, 1.82) is 0 Å². The molecule has 4 nitrogen and oxygen atoms in total. The van der Waals surface area contributed by atoms with Gasteiger partial charge in [-0.15, -0.1) is 0 Å². The van der Waals surface area contributed by atoms with Crippen molar-refractivity contribution < 1.29 is 14.4 Å². The zero-order valence-corrected chi connectivity index (χ0v) is 15.5. The number of quaternary nitrogens is 1. The largest absolute Gasteiger partial charge is 0.495 e. The Bertz CT molecular complexity index is 735. The maximum absolute atomic E-state index is 12.3. The highest BCUT2D eigenvalue weighted by Crippen LogP contribution is 2.25. The maximum Gasteiger partial charge on any atom is 0.279 e. The topological polar surface area (TPSA) is 42.8 Å². The normalized spacial score (nSPS) is 11.9. The van der Waals surface area contributed by atoms with Crippen molar-refractivity contribution in [3.8, 4) is 5.75 Å². The Morgan fingerprint density at radius 2 is 2.00 bits per heavy atom. The van der Waals surface area contributed by atoms with Crippen LogP contribution in [0.3, 0.4) is 0 Å². The van der Waals surface area contributed by atoms with Gasteiger partial charge in [0.1, 0.15) is 12.3 Å². The van der Waals surface area contributed by atoms with Crippen molar-refractivity contribution in [1.82, 2.24) is 0 Å². The van der Waals surface area contributed by atoms with Crippen LogP contribution in [0.2, 0.25) is 10.0 Å². The molecule has 0 saturated carbocycles. The summed E-state index contributed by atoms with van der Waals surface area (Å²) in [6.07, 6.45) is 0. The van der Waals surface area contributed by atoms with E-state index in [1.54, 1.807) is 13.2 Å². The zero-order valence-electron chi connectivity index (χ0n) is 14.0. The number of nitrogens with one attached hydrogen (secondary N) is 2. The lowest BCUT2D eigenvalue weighted by Gasteiger charge is -2.16. The van der Waals surface area contributed by atoms with Crippen LogP contribution in [-0.2, 0) is 11.3 Å². The lowest BCUT2D eigenvalue weighted by atomic mass is 10.2. The van der Waals surface area contributed by atoms with Crippen LogP contribution in [0.15, 0.2) is 36.4 Å². The van der Waals surface area contributed by atoms with E-state index in [2.05, 4.69) is 5.32 Å². The lowest BCUT2D eigenvalue weighted by Crippen LogP contribution is -3.08. The van der Waals surface area contributed by atoms with Crippen molar-refractivity contribution in [2.45, 2.75) is 13.5 Å². The van der Waals surface area contributed by atoms with Gasteiger partial charge < -0.3 is 15.0 Å². The second-order valence-electron chi connectivity index (χ2n) is 5.78. The van der Waals surface area contributed by atoms with Gasteiger partial charge in [0.2, 0.25) is 0 Å². The second kappa shape index (κ2) is 8.38. The van der Waals surface area contributed by atoms with Gasteiger partial charge in [-0.1, -0.05) is 41.4 Å². The molecule has 0 aliphatic rings. The molecule has 0 saturated heterocycles. The summed E-state index contributed by atoms with van der Waals surface area (Å²) in [5, 5.41) is 3.97. The van der Waals surface area contributed by atoms with Crippen LogP contribution in [0.1, 0.15) is 11.1 Å².